The summed E-state index contributed by atoms with van der Waals surface area (Å²) >= 11 is 1.60. The van der Waals surface area contributed by atoms with E-state index in [0.29, 0.717) is 18.1 Å². The van der Waals surface area contributed by atoms with E-state index in [9.17, 15) is 4.79 Å². The number of hydrogen-bond donors (Lipinski definition) is 2. The molecule has 2 aromatic heterocycles. The Hall–Kier alpha value is -1.95. The van der Waals surface area contributed by atoms with Crippen molar-refractivity contribution in [3.05, 3.63) is 40.0 Å². The summed E-state index contributed by atoms with van der Waals surface area (Å²) in [6, 6.07) is 4.98. The second-order valence-electron chi connectivity index (χ2n) is 3.70. The first kappa shape index (κ1) is 12.5. The zero-order valence-corrected chi connectivity index (χ0v) is 10.8. The van der Waals surface area contributed by atoms with Crippen molar-refractivity contribution in [3.63, 3.8) is 0 Å². The predicted octanol–water partition coefficient (Wildman–Crippen LogP) is 1.61. The lowest BCUT2D eigenvalue weighted by molar-refractivity contribution is 0.0946. The lowest BCUT2D eigenvalue weighted by Gasteiger charge is -2.02. The van der Waals surface area contributed by atoms with Crippen LogP contribution in [0.1, 0.15) is 27.3 Å². The van der Waals surface area contributed by atoms with E-state index in [4.69, 9.17) is 5.73 Å². The molecule has 94 valence electrons. The zero-order chi connectivity index (χ0) is 13.0. The first-order valence-corrected chi connectivity index (χ1v) is 6.45. The first-order valence-electron chi connectivity index (χ1n) is 5.63. The van der Waals surface area contributed by atoms with Crippen molar-refractivity contribution in [2.45, 2.75) is 19.9 Å². The molecule has 0 radical (unpaired) electrons. The second kappa shape index (κ2) is 5.59. The smallest absolute Gasteiger partial charge is 0.270 e. The maximum absolute atomic E-state index is 11.8. The molecular weight excluding hydrogens is 248 g/mol. The van der Waals surface area contributed by atoms with Crippen LogP contribution in [0.25, 0.3) is 0 Å². The Balaban J connectivity index is 1.96. The van der Waals surface area contributed by atoms with E-state index in [1.54, 1.807) is 29.5 Å². The van der Waals surface area contributed by atoms with Crippen LogP contribution in [0.5, 0.6) is 0 Å². The molecule has 0 aliphatic rings. The minimum Gasteiger partial charge on any atom is -0.384 e. The number of rotatable bonds is 4. The number of aromatic nitrogens is 2. The van der Waals surface area contributed by atoms with Crippen molar-refractivity contribution < 1.29 is 4.79 Å². The zero-order valence-electron chi connectivity index (χ0n) is 10.0. The molecule has 1 amide bonds. The van der Waals surface area contributed by atoms with Gasteiger partial charge in [0.05, 0.1) is 6.54 Å². The van der Waals surface area contributed by atoms with Crippen molar-refractivity contribution >= 4 is 23.1 Å². The molecule has 6 heteroatoms. The largest absolute Gasteiger partial charge is 0.384 e. The van der Waals surface area contributed by atoms with E-state index in [1.165, 1.54) is 4.88 Å². The summed E-state index contributed by atoms with van der Waals surface area (Å²) in [7, 11) is 0. The van der Waals surface area contributed by atoms with Crippen LogP contribution in [0.3, 0.4) is 0 Å². The lowest BCUT2D eigenvalue weighted by atomic mass is 10.3. The molecule has 18 heavy (non-hydrogen) atoms. The fraction of sp³-hybridized carbons (Fsp3) is 0.250. The molecule has 3 N–H and O–H groups in total. The normalized spacial score (nSPS) is 10.3. The van der Waals surface area contributed by atoms with Gasteiger partial charge in [0.1, 0.15) is 16.5 Å². The Bertz CT molecular complexity index is 553. The number of pyridine rings is 1. The number of carbonyl (C=O) groups excluding carboxylic acids is 1. The van der Waals surface area contributed by atoms with Gasteiger partial charge in [0.15, 0.2) is 0 Å². The topological polar surface area (TPSA) is 80.9 Å². The van der Waals surface area contributed by atoms with Crippen LogP contribution in [0.15, 0.2) is 24.4 Å². The molecule has 0 aliphatic heterocycles. The average Bonchev–Trinajstić information content (AvgIpc) is 2.84. The average molecular weight is 262 g/mol. The van der Waals surface area contributed by atoms with E-state index in [1.807, 2.05) is 6.20 Å². The molecule has 0 aliphatic carbocycles. The summed E-state index contributed by atoms with van der Waals surface area (Å²) in [5.41, 5.74) is 5.85. The van der Waals surface area contributed by atoms with Gasteiger partial charge >= 0.3 is 0 Å². The third-order valence-electron chi connectivity index (χ3n) is 2.35. The van der Waals surface area contributed by atoms with Crippen LogP contribution in [-0.2, 0) is 13.0 Å². The quantitative estimate of drug-likeness (QED) is 0.877. The highest BCUT2D eigenvalue weighted by Crippen LogP contribution is 2.13. The third-order valence-corrected chi connectivity index (χ3v) is 3.49. The minimum atomic E-state index is -0.240. The van der Waals surface area contributed by atoms with Crippen LogP contribution >= 0.6 is 11.3 Å². The van der Waals surface area contributed by atoms with Gasteiger partial charge in [-0.05, 0) is 18.6 Å². The van der Waals surface area contributed by atoms with Crippen LogP contribution < -0.4 is 11.1 Å². The van der Waals surface area contributed by atoms with E-state index in [-0.39, 0.29) is 5.91 Å². The van der Waals surface area contributed by atoms with Gasteiger partial charge in [-0.3, -0.25) is 4.79 Å². The number of nitrogens with zero attached hydrogens (tertiary/aromatic N) is 2. The highest BCUT2D eigenvalue weighted by Gasteiger charge is 2.08. The molecule has 0 aromatic carbocycles. The Morgan fingerprint density at radius 3 is 3.00 bits per heavy atom. The van der Waals surface area contributed by atoms with E-state index in [0.717, 1.165) is 11.4 Å². The second-order valence-corrected chi connectivity index (χ2v) is 4.90. The van der Waals surface area contributed by atoms with Gasteiger partial charge in [-0.25, -0.2) is 9.97 Å². The predicted molar refractivity (Wildman–Crippen MR) is 71.3 cm³/mol. The van der Waals surface area contributed by atoms with Crippen LogP contribution in [0, 0.1) is 0 Å². The number of nitrogens with one attached hydrogen (secondary N) is 1. The van der Waals surface area contributed by atoms with Gasteiger partial charge < -0.3 is 11.1 Å². The standard InChI is InChI=1S/C12H14N4OS/c1-2-8-6-14-11(18-8)7-15-12(17)9-4-3-5-10(13)16-9/h3-6H,2,7H2,1H3,(H2,13,16)(H,15,17). The van der Waals surface area contributed by atoms with Gasteiger partial charge in [-0.1, -0.05) is 13.0 Å². The number of anilines is 1. The molecular formula is C12H14N4OS. The number of nitrogen functional groups attached to an aromatic ring is 1. The number of hydrogen-bond acceptors (Lipinski definition) is 5. The molecule has 0 saturated carbocycles. The number of carbonyl (C=O) groups is 1. The third kappa shape index (κ3) is 3.04. The summed E-state index contributed by atoms with van der Waals surface area (Å²) in [6.07, 6.45) is 2.80. The van der Waals surface area contributed by atoms with Gasteiger partial charge in [0.25, 0.3) is 5.91 Å². The number of amides is 1. The summed E-state index contributed by atoms with van der Waals surface area (Å²) < 4.78 is 0. The van der Waals surface area contributed by atoms with Gasteiger partial charge in [-0.2, -0.15) is 0 Å². The SMILES string of the molecule is CCc1cnc(CNC(=O)c2cccc(N)n2)s1. The molecule has 0 saturated heterocycles. The Morgan fingerprint density at radius 2 is 2.33 bits per heavy atom. The molecule has 0 atom stereocenters. The fourth-order valence-electron chi connectivity index (χ4n) is 1.42. The van der Waals surface area contributed by atoms with Gasteiger partial charge in [0, 0.05) is 11.1 Å². The lowest BCUT2D eigenvalue weighted by Crippen LogP contribution is -2.23. The van der Waals surface area contributed by atoms with Gasteiger partial charge in [0.2, 0.25) is 0 Å². The maximum Gasteiger partial charge on any atom is 0.270 e. The van der Waals surface area contributed by atoms with E-state index < -0.39 is 0 Å². The highest BCUT2D eigenvalue weighted by atomic mass is 32.1. The molecule has 5 nitrogen and oxygen atoms in total. The maximum atomic E-state index is 11.8. The summed E-state index contributed by atoms with van der Waals surface area (Å²) in [5.74, 6) is 0.0979. The molecule has 0 spiro atoms. The van der Waals surface area contributed by atoms with Gasteiger partial charge in [-0.15, -0.1) is 11.3 Å². The molecule has 2 aromatic rings. The Kier molecular flexibility index (Phi) is 3.88. The Morgan fingerprint density at radius 1 is 1.50 bits per heavy atom. The van der Waals surface area contributed by atoms with E-state index in [2.05, 4.69) is 22.2 Å². The number of aryl methyl sites for hydroxylation is 1. The highest BCUT2D eigenvalue weighted by molar-refractivity contribution is 7.11. The van der Waals surface area contributed by atoms with Crippen molar-refractivity contribution in [1.29, 1.82) is 0 Å². The van der Waals surface area contributed by atoms with Crippen LogP contribution in [-0.4, -0.2) is 15.9 Å². The molecule has 0 bridgehead atoms. The molecule has 2 rings (SSSR count). The summed E-state index contributed by atoms with van der Waals surface area (Å²) in [4.78, 5) is 21.2. The number of nitrogens with two attached hydrogens (primary N) is 1. The van der Waals surface area contributed by atoms with Crippen molar-refractivity contribution in [1.82, 2.24) is 15.3 Å². The summed E-state index contributed by atoms with van der Waals surface area (Å²) in [5, 5.41) is 3.66. The molecule has 0 unspecified atom stereocenters. The fourth-order valence-corrected chi connectivity index (χ4v) is 2.22. The molecule has 2 heterocycles. The minimum absolute atomic E-state index is 0.240. The Labute approximate surface area is 109 Å². The summed E-state index contributed by atoms with van der Waals surface area (Å²) in [6.45, 7) is 2.49. The van der Waals surface area contributed by atoms with Crippen molar-refractivity contribution in [2.24, 2.45) is 0 Å². The molecule has 0 fully saturated rings. The van der Waals surface area contributed by atoms with E-state index >= 15 is 0 Å². The van der Waals surface area contributed by atoms with Crippen molar-refractivity contribution in [3.8, 4) is 0 Å². The number of thiazole rings is 1. The van der Waals surface area contributed by atoms with Crippen molar-refractivity contribution in [2.75, 3.05) is 5.73 Å². The van der Waals surface area contributed by atoms with Crippen LogP contribution in [0.4, 0.5) is 5.82 Å². The van der Waals surface area contributed by atoms with Crippen LogP contribution in [0.2, 0.25) is 0 Å². The first-order chi connectivity index (χ1) is 8.69. The monoisotopic (exact) mass is 262 g/mol.